The van der Waals surface area contributed by atoms with Gasteiger partial charge in [-0.1, -0.05) is 18.2 Å². The molecule has 1 aliphatic rings. The summed E-state index contributed by atoms with van der Waals surface area (Å²) in [6.45, 7) is 6.19. The third kappa shape index (κ3) is 4.49. The smallest absolute Gasteiger partial charge is 0.185 e. The second-order valence-electron chi connectivity index (χ2n) is 7.29. The molecule has 4 nitrogen and oxygen atoms in total. The molecule has 28 heavy (non-hydrogen) atoms. The lowest BCUT2D eigenvalue weighted by Gasteiger charge is -2.38. The summed E-state index contributed by atoms with van der Waals surface area (Å²) in [5.41, 5.74) is 3.40. The number of carbonyl (C=O) groups is 1. The Bertz CT molecular complexity index is 942. The Labute approximate surface area is 171 Å². The Hall–Kier alpha value is -2.92. The van der Waals surface area contributed by atoms with Crippen molar-refractivity contribution in [3.05, 3.63) is 77.5 Å². The van der Waals surface area contributed by atoms with Gasteiger partial charge in [0.05, 0.1) is 12.6 Å². The summed E-state index contributed by atoms with van der Waals surface area (Å²) >= 11 is 5.52. The first-order chi connectivity index (χ1) is 13.3. The van der Waals surface area contributed by atoms with Crippen molar-refractivity contribution >= 4 is 34.9 Å². The Morgan fingerprint density at radius 2 is 1.75 bits per heavy atom. The third-order valence-electron chi connectivity index (χ3n) is 4.51. The highest BCUT2D eigenvalue weighted by atomic mass is 32.1. The van der Waals surface area contributed by atoms with Gasteiger partial charge in [0, 0.05) is 16.9 Å². The van der Waals surface area contributed by atoms with E-state index in [0.29, 0.717) is 10.7 Å². The molecule has 0 fully saturated rings. The zero-order valence-corrected chi connectivity index (χ0v) is 17.3. The molecular weight excluding hydrogens is 368 g/mol. The summed E-state index contributed by atoms with van der Waals surface area (Å²) in [6.07, 6.45) is 5.52. The molecule has 0 amide bonds. The molecule has 2 aromatic carbocycles. The van der Waals surface area contributed by atoms with Crippen LogP contribution in [-0.2, 0) is 0 Å². The van der Waals surface area contributed by atoms with Gasteiger partial charge < -0.3 is 10.1 Å². The second-order valence-corrected chi connectivity index (χ2v) is 7.68. The number of nitrogens with one attached hydrogen (secondary N) is 1. The summed E-state index contributed by atoms with van der Waals surface area (Å²) in [6, 6.07) is 15.0. The maximum Gasteiger partial charge on any atom is 0.185 e. The second kappa shape index (κ2) is 7.98. The number of carbonyl (C=O) groups excluding carboxylic acids is 1. The van der Waals surface area contributed by atoms with Gasteiger partial charge in [-0.15, -0.1) is 0 Å². The van der Waals surface area contributed by atoms with E-state index in [4.69, 9.17) is 17.0 Å². The summed E-state index contributed by atoms with van der Waals surface area (Å²) in [5, 5.41) is 3.97. The zero-order chi connectivity index (χ0) is 20.3. The van der Waals surface area contributed by atoms with Gasteiger partial charge in [0.1, 0.15) is 5.75 Å². The van der Waals surface area contributed by atoms with Crippen LogP contribution in [-0.4, -0.2) is 23.5 Å². The maximum atomic E-state index is 12.5. The van der Waals surface area contributed by atoms with E-state index in [-0.39, 0.29) is 11.3 Å². The number of allylic oxidation sites excluding steroid dienone is 2. The summed E-state index contributed by atoms with van der Waals surface area (Å²) in [4.78, 5) is 14.4. The van der Waals surface area contributed by atoms with Crippen molar-refractivity contribution in [2.75, 3.05) is 12.0 Å². The number of hydrogen-bond donors (Lipinski definition) is 1. The van der Waals surface area contributed by atoms with Crippen LogP contribution in [0, 0.1) is 0 Å². The molecule has 5 heteroatoms. The monoisotopic (exact) mass is 392 g/mol. The number of ether oxygens (including phenoxy) is 1. The van der Waals surface area contributed by atoms with E-state index in [9.17, 15) is 4.79 Å². The Morgan fingerprint density at radius 1 is 1.11 bits per heavy atom. The first-order valence-corrected chi connectivity index (χ1v) is 9.48. The van der Waals surface area contributed by atoms with Crippen molar-refractivity contribution in [2.45, 2.75) is 26.3 Å². The van der Waals surface area contributed by atoms with Crippen molar-refractivity contribution < 1.29 is 9.53 Å². The number of rotatable bonds is 5. The maximum absolute atomic E-state index is 12.5. The number of hydrogen-bond acceptors (Lipinski definition) is 3. The van der Waals surface area contributed by atoms with Gasteiger partial charge in [-0.2, -0.15) is 0 Å². The molecule has 2 aromatic rings. The Kier molecular flexibility index (Phi) is 5.66. The van der Waals surface area contributed by atoms with E-state index in [1.807, 2.05) is 60.4 Å². The quantitative estimate of drug-likeness (QED) is 0.442. The van der Waals surface area contributed by atoms with Crippen LogP contribution < -0.4 is 15.0 Å². The van der Waals surface area contributed by atoms with Gasteiger partial charge in [0.25, 0.3) is 0 Å². The average molecular weight is 393 g/mol. The van der Waals surface area contributed by atoms with E-state index in [0.717, 1.165) is 22.7 Å². The van der Waals surface area contributed by atoms with Crippen molar-refractivity contribution in [1.29, 1.82) is 0 Å². The lowest BCUT2D eigenvalue weighted by Crippen LogP contribution is -2.53. The number of benzene rings is 2. The van der Waals surface area contributed by atoms with E-state index in [1.54, 1.807) is 19.3 Å². The van der Waals surface area contributed by atoms with E-state index < -0.39 is 0 Å². The molecule has 0 spiro atoms. The molecule has 0 unspecified atom stereocenters. The lowest BCUT2D eigenvalue weighted by atomic mass is 10.0. The summed E-state index contributed by atoms with van der Waals surface area (Å²) < 4.78 is 5.14. The van der Waals surface area contributed by atoms with Crippen molar-refractivity contribution in [3.8, 4) is 5.75 Å². The van der Waals surface area contributed by atoms with E-state index in [2.05, 4.69) is 25.2 Å². The minimum absolute atomic E-state index is 0.0462. The van der Waals surface area contributed by atoms with Crippen LogP contribution in [0.25, 0.3) is 6.08 Å². The molecule has 1 aliphatic heterocycles. The van der Waals surface area contributed by atoms with Gasteiger partial charge in [-0.25, -0.2) is 0 Å². The van der Waals surface area contributed by atoms with Crippen LogP contribution in [0.4, 0.5) is 5.69 Å². The lowest BCUT2D eigenvalue weighted by molar-refractivity contribution is 0.104. The fraction of sp³-hybridized carbons (Fsp3) is 0.217. The van der Waals surface area contributed by atoms with E-state index in [1.165, 1.54) is 0 Å². The number of ketones is 1. The number of thiocarbonyl (C=S) groups is 1. The first-order valence-electron chi connectivity index (χ1n) is 9.07. The van der Waals surface area contributed by atoms with Crippen molar-refractivity contribution in [2.24, 2.45) is 0 Å². The zero-order valence-electron chi connectivity index (χ0n) is 16.5. The van der Waals surface area contributed by atoms with Gasteiger partial charge in [-0.05, 0) is 87.1 Å². The molecule has 0 radical (unpaired) electrons. The fourth-order valence-electron chi connectivity index (χ4n) is 3.19. The fourth-order valence-corrected chi connectivity index (χ4v) is 3.71. The molecule has 0 saturated carbocycles. The Balaban J connectivity index is 1.74. The minimum atomic E-state index is -0.167. The van der Waals surface area contributed by atoms with Gasteiger partial charge >= 0.3 is 0 Å². The summed E-state index contributed by atoms with van der Waals surface area (Å²) in [7, 11) is 1.63. The average Bonchev–Trinajstić information content (AvgIpc) is 2.65. The largest absolute Gasteiger partial charge is 0.497 e. The van der Waals surface area contributed by atoms with Crippen LogP contribution >= 0.6 is 12.2 Å². The predicted molar refractivity (Wildman–Crippen MR) is 119 cm³/mol. The standard InChI is InChI=1S/C23H24N2O2S/c1-16-15-23(2,3)24-22(28)25(16)19-10-8-18(9-11-19)21(26)14-7-17-5-12-20(27-4)13-6-17/h5-15H,1-4H3,(H,24,28). The highest BCUT2D eigenvalue weighted by molar-refractivity contribution is 7.80. The van der Waals surface area contributed by atoms with Crippen LogP contribution in [0.5, 0.6) is 5.75 Å². The predicted octanol–water partition coefficient (Wildman–Crippen LogP) is 4.97. The van der Waals surface area contributed by atoms with Crippen LogP contribution in [0.15, 0.2) is 66.4 Å². The number of nitrogens with zero attached hydrogens (tertiary/aromatic N) is 1. The molecule has 0 saturated heterocycles. The number of methoxy groups -OCH3 is 1. The van der Waals surface area contributed by atoms with Gasteiger partial charge in [0.15, 0.2) is 10.9 Å². The molecule has 3 rings (SSSR count). The van der Waals surface area contributed by atoms with Crippen LogP contribution in [0.1, 0.15) is 36.7 Å². The van der Waals surface area contributed by atoms with Gasteiger partial charge in [-0.3, -0.25) is 9.69 Å². The topological polar surface area (TPSA) is 41.6 Å². The SMILES string of the molecule is COc1ccc(C=CC(=O)c2ccc(N3C(=S)NC(C)(C)C=C3C)cc2)cc1. The van der Waals surface area contributed by atoms with Crippen molar-refractivity contribution in [1.82, 2.24) is 5.32 Å². The highest BCUT2D eigenvalue weighted by Gasteiger charge is 2.27. The normalized spacial score (nSPS) is 15.9. The van der Waals surface area contributed by atoms with Crippen LogP contribution in [0.2, 0.25) is 0 Å². The number of anilines is 1. The molecule has 144 valence electrons. The third-order valence-corrected chi connectivity index (χ3v) is 4.79. The molecular formula is C23H24N2O2S. The van der Waals surface area contributed by atoms with Gasteiger partial charge in [0.2, 0.25) is 0 Å². The van der Waals surface area contributed by atoms with E-state index >= 15 is 0 Å². The highest BCUT2D eigenvalue weighted by Crippen LogP contribution is 2.26. The first kappa shape index (κ1) is 19.8. The van der Waals surface area contributed by atoms with Crippen LogP contribution in [0.3, 0.4) is 0 Å². The molecule has 0 aromatic heterocycles. The minimum Gasteiger partial charge on any atom is -0.497 e. The summed E-state index contributed by atoms with van der Waals surface area (Å²) in [5.74, 6) is 0.743. The molecule has 1 N–H and O–H groups in total. The molecule has 1 heterocycles. The molecule has 0 bridgehead atoms. The Morgan fingerprint density at radius 3 is 2.32 bits per heavy atom. The van der Waals surface area contributed by atoms with Crippen molar-refractivity contribution in [3.63, 3.8) is 0 Å². The molecule has 0 atom stereocenters. The molecule has 0 aliphatic carbocycles.